The van der Waals surface area contributed by atoms with Crippen LogP contribution in [0.2, 0.25) is 0 Å². The Labute approximate surface area is 163 Å². The molecule has 5 nitrogen and oxygen atoms in total. The van der Waals surface area contributed by atoms with E-state index in [0.717, 1.165) is 27.4 Å². The monoisotopic (exact) mass is 507 g/mol. The highest BCUT2D eigenvalue weighted by atomic mass is 79.9. The lowest BCUT2D eigenvalue weighted by atomic mass is 10.1. The molecule has 0 amide bonds. The first-order valence-corrected chi connectivity index (χ1v) is 10.4. The molecule has 0 aliphatic heterocycles. The van der Waals surface area contributed by atoms with Gasteiger partial charge >= 0.3 is 5.76 Å². The Morgan fingerprint density at radius 1 is 1.04 bits per heavy atom. The molecule has 10 heteroatoms. The second-order valence-corrected chi connectivity index (χ2v) is 9.02. The highest BCUT2D eigenvalue weighted by Crippen LogP contribution is 2.30. The van der Waals surface area contributed by atoms with E-state index < -0.39 is 32.1 Å². The molecule has 0 saturated carbocycles. The lowest BCUT2D eigenvalue weighted by molar-refractivity contribution is 0.504. The highest BCUT2D eigenvalue weighted by molar-refractivity contribution is 9.13. The minimum atomic E-state index is -4.08. The third kappa shape index (κ3) is 3.40. The number of nitrogens with zero attached hydrogens (tertiary/aromatic N) is 1. The molecule has 0 N–H and O–H groups in total. The van der Waals surface area contributed by atoms with Crippen molar-refractivity contribution >= 4 is 41.7 Å². The number of benzene rings is 2. The van der Waals surface area contributed by atoms with Gasteiger partial charge in [-0.25, -0.2) is 26.6 Å². The van der Waals surface area contributed by atoms with Gasteiger partial charge in [0.2, 0.25) is 0 Å². The third-order valence-electron chi connectivity index (χ3n) is 3.52. The van der Waals surface area contributed by atoms with Crippen molar-refractivity contribution in [3.05, 3.63) is 67.7 Å². The van der Waals surface area contributed by atoms with E-state index in [9.17, 15) is 22.0 Å². The molecule has 136 valence electrons. The molecule has 0 spiro atoms. The van der Waals surface area contributed by atoms with Gasteiger partial charge in [0.05, 0.1) is 11.4 Å². The Bertz CT molecular complexity index is 1160. The lowest BCUT2D eigenvalue weighted by Crippen LogP contribution is -2.13. The van der Waals surface area contributed by atoms with Crippen molar-refractivity contribution in [1.82, 2.24) is 4.57 Å². The molecule has 0 radical (unpaired) electrons. The number of sulfone groups is 1. The van der Waals surface area contributed by atoms with Gasteiger partial charge in [0, 0.05) is 20.8 Å². The van der Waals surface area contributed by atoms with Crippen molar-refractivity contribution in [1.29, 1.82) is 0 Å². The van der Waals surface area contributed by atoms with Gasteiger partial charge in [-0.1, -0.05) is 0 Å². The first-order chi connectivity index (χ1) is 12.1. The Hall–Kier alpha value is -1.78. The molecule has 3 rings (SSSR count). The number of oxazole rings is 1. The van der Waals surface area contributed by atoms with E-state index in [-0.39, 0.29) is 11.3 Å². The van der Waals surface area contributed by atoms with E-state index in [4.69, 9.17) is 4.42 Å². The van der Waals surface area contributed by atoms with Gasteiger partial charge in [0.25, 0.3) is 0 Å². The van der Waals surface area contributed by atoms with Crippen molar-refractivity contribution in [2.45, 2.75) is 4.90 Å². The Kier molecular flexibility index (Phi) is 4.93. The van der Waals surface area contributed by atoms with Crippen LogP contribution in [0.1, 0.15) is 0 Å². The maximum absolute atomic E-state index is 14.2. The number of halogens is 4. The van der Waals surface area contributed by atoms with Crippen LogP contribution < -0.4 is 5.76 Å². The average Bonchev–Trinajstić information content (AvgIpc) is 2.89. The number of hydrogen-bond acceptors (Lipinski definition) is 4. The molecule has 0 aliphatic carbocycles. The zero-order chi connectivity index (χ0) is 19.2. The zero-order valence-corrected chi connectivity index (χ0v) is 17.0. The van der Waals surface area contributed by atoms with Crippen LogP contribution in [0.25, 0.3) is 16.9 Å². The van der Waals surface area contributed by atoms with Crippen LogP contribution >= 0.6 is 31.9 Å². The Morgan fingerprint density at radius 2 is 1.65 bits per heavy atom. The summed E-state index contributed by atoms with van der Waals surface area (Å²) in [5.74, 6) is -3.26. The summed E-state index contributed by atoms with van der Waals surface area (Å²) < 4.78 is 58.8. The van der Waals surface area contributed by atoms with Gasteiger partial charge in [-0.05, 0) is 62.2 Å². The number of aromatic nitrogens is 1. The smallest absolute Gasteiger partial charge is 0.415 e. The standard InChI is InChI=1S/C16H9Br2F2NO4S/c1-26(23,24)15-12(19)4-8(5-13(15)20)14-7-25-16(22)21(14)9-2-3-10(17)11(18)6-9/h2-7H,1H3. The minimum Gasteiger partial charge on any atom is -0.415 e. The van der Waals surface area contributed by atoms with E-state index in [1.165, 1.54) is 0 Å². The molecule has 0 aliphatic rings. The number of rotatable bonds is 3. The van der Waals surface area contributed by atoms with Gasteiger partial charge in [-0.3, -0.25) is 0 Å². The summed E-state index contributed by atoms with van der Waals surface area (Å²) in [6.07, 6.45) is 1.76. The molecule has 0 bridgehead atoms. The fraction of sp³-hybridized carbons (Fsp3) is 0.0625. The summed E-state index contributed by atoms with van der Waals surface area (Å²) in [5.41, 5.74) is 0.418. The van der Waals surface area contributed by atoms with Gasteiger partial charge in [0.15, 0.2) is 9.84 Å². The van der Waals surface area contributed by atoms with Gasteiger partial charge < -0.3 is 4.42 Å². The highest BCUT2D eigenvalue weighted by Gasteiger charge is 2.23. The summed E-state index contributed by atoms with van der Waals surface area (Å²) in [6.45, 7) is 0. The normalized spacial score (nSPS) is 11.7. The molecule has 1 aromatic heterocycles. The van der Waals surface area contributed by atoms with Crippen molar-refractivity contribution in [3.63, 3.8) is 0 Å². The van der Waals surface area contributed by atoms with E-state index in [2.05, 4.69) is 31.9 Å². The van der Waals surface area contributed by atoms with E-state index in [1.807, 2.05) is 0 Å². The summed E-state index contributed by atoms with van der Waals surface area (Å²) in [4.78, 5) is 11.1. The van der Waals surface area contributed by atoms with Crippen LogP contribution in [0, 0.1) is 11.6 Å². The SMILES string of the molecule is CS(=O)(=O)c1c(F)cc(-c2coc(=O)n2-c2ccc(Br)c(Br)c2)cc1F. The van der Waals surface area contributed by atoms with E-state index in [0.29, 0.717) is 16.4 Å². The molecule has 0 fully saturated rings. The molecular formula is C16H9Br2F2NO4S. The van der Waals surface area contributed by atoms with Gasteiger partial charge in [-0.2, -0.15) is 0 Å². The van der Waals surface area contributed by atoms with Crippen molar-refractivity contribution < 1.29 is 21.6 Å². The van der Waals surface area contributed by atoms with Crippen LogP contribution in [0.4, 0.5) is 8.78 Å². The lowest BCUT2D eigenvalue weighted by Gasteiger charge is -2.09. The van der Waals surface area contributed by atoms with Crippen LogP contribution in [0.15, 0.2) is 59.6 Å². The summed E-state index contributed by atoms with van der Waals surface area (Å²) >= 11 is 6.62. The molecule has 2 aromatic carbocycles. The molecular weight excluding hydrogens is 500 g/mol. The van der Waals surface area contributed by atoms with Gasteiger partial charge in [0.1, 0.15) is 22.8 Å². The third-order valence-corrected chi connectivity index (χ3v) is 6.53. The van der Waals surface area contributed by atoms with Crippen LogP contribution in [0.5, 0.6) is 0 Å². The Balaban J connectivity index is 2.24. The largest absolute Gasteiger partial charge is 0.424 e. The van der Waals surface area contributed by atoms with E-state index in [1.54, 1.807) is 18.2 Å². The predicted molar refractivity (Wildman–Crippen MR) is 98.2 cm³/mol. The molecule has 26 heavy (non-hydrogen) atoms. The second-order valence-electron chi connectivity index (χ2n) is 5.36. The predicted octanol–water partition coefficient (Wildman–Crippen LogP) is 4.30. The molecule has 1 heterocycles. The molecule has 3 aromatic rings. The average molecular weight is 509 g/mol. The quantitative estimate of drug-likeness (QED) is 0.528. The van der Waals surface area contributed by atoms with Crippen molar-refractivity contribution in [3.8, 4) is 16.9 Å². The van der Waals surface area contributed by atoms with E-state index >= 15 is 0 Å². The summed E-state index contributed by atoms with van der Waals surface area (Å²) in [5, 5.41) is 0. The fourth-order valence-electron chi connectivity index (χ4n) is 2.44. The van der Waals surface area contributed by atoms with Crippen LogP contribution in [-0.2, 0) is 9.84 Å². The minimum absolute atomic E-state index is 0.0442. The second kappa shape index (κ2) is 6.75. The summed E-state index contributed by atoms with van der Waals surface area (Å²) in [7, 11) is -4.08. The molecule has 0 unspecified atom stereocenters. The maximum atomic E-state index is 14.2. The topological polar surface area (TPSA) is 69.3 Å². The van der Waals surface area contributed by atoms with Gasteiger partial charge in [-0.15, -0.1) is 0 Å². The fourth-order valence-corrected chi connectivity index (χ4v) is 3.88. The number of hydrogen-bond donors (Lipinski definition) is 0. The van der Waals surface area contributed by atoms with Crippen molar-refractivity contribution in [2.75, 3.05) is 6.26 Å². The van der Waals surface area contributed by atoms with Crippen LogP contribution in [-0.4, -0.2) is 19.2 Å². The van der Waals surface area contributed by atoms with Crippen LogP contribution in [0.3, 0.4) is 0 Å². The maximum Gasteiger partial charge on any atom is 0.424 e. The zero-order valence-electron chi connectivity index (χ0n) is 13.0. The summed E-state index contributed by atoms with van der Waals surface area (Å²) in [6, 6.07) is 6.58. The van der Waals surface area contributed by atoms with Crippen molar-refractivity contribution in [2.24, 2.45) is 0 Å². The Morgan fingerprint density at radius 3 is 2.19 bits per heavy atom. The molecule has 0 atom stereocenters. The first-order valence-electron chi connectivity index (χ1n) is 6.95. The first kappa shape index (κ1) is 19.0. The molecule has 0 saturated heterocycles.